The molecule has 0 radical (unpaired) electrons. The van der Waals surface area contributed by atoms with Crippen LogP contribution in [0.5, 0.6) is 0 Å². The lowest BCUT2D eigenvalue weighted by atomic mass is 10.3. The van der Waals surface area contributed by atoms with Crippen molar-refractivity contribution in [2.24, 2.45) is 0 Å². The van der Waals surface area contributed by atoms with E-state index in [1.165, 1.54) is 4.31 Å². The third-order valence-electron chi connectivity index (χ3n) is 3.53. The second-order valence-electron chi connectivity index (χ2n) is 5.08. The second kappa shape index (κ2) is 7.19. The van der Waals surface area contributed by atoms with Crippen LogP contribution in [-0.4, -0.2) is 42.6 Å². The number of aromatic nitrogens is 2. The van der Waals surface area contributed by atoms with E-state index in [1.807, 2.05) is 13.8 Å². The highest BCUT2D eigenvalue weighted by molar-refractivity contribution is 7.89. The predicted octanol–water partition coefficient (Wildman–Crippen LogP) is 1.64. The van der Waals surface area contributed by atoms with E-state index in [0.717, 1.165) is 19.4 Å². The summed E-state index contributed by atoms with van der Waals surface area (Å²) in [6.07, 6.45) is 1.77. The fourth-order valence-corrected chi connectivity index (χ4v) is 3.71. The van der Waals surface area contributed by atoms with Gasteiger partial charge in [-0.3, -0.25) is 5.10 Å². The van der Waals surface area contributed by atoms with Gasteiger partial charge in [0.05, 0.1) is 11.4 Å². The van der Waals surface area contributed by atoms with Crippen molar-refractivity contribution in [2.75, 3.05) is 13.6 Å². The van der Waals surface area contributed by atoms with Gasteiger partial charge in [0.15, 0.2) is 0 Å². The molecule has 1 rings (SSSR count). The average molecular weight is 302 g/mol. The number of H-pyrrole nitrogens is 1. The molecule has 0 saturated carbocycles. The van der Waals surface area contributed by atoms with Crippen molar-refractivity contribution in [3.63, 3.8) is 0 Å². The third kappa shape index (κ3) is 3.59. The van der Waals surface area contributed by atoms with E-state index >= 15 is 0 Å². The molecule has 0 aliphatic heterocycles. The van der Waals surface area contributed by atoms with E-state index in [2.05, 4.69) is 22.4 Å². The number of nitrogens with zero attached hydrogens (tertiary/aromatic N) is 2. The molecule has 0 saturated heterocycles. The summed E-state index contributed by atoms with van der Waals surface area (Å²) in [5.74, 6) is 0. The maximum atomic E-state index is 12.7. The number of sulfonamides is 1. The van der Waals surface area contributed by atoms with E-state index in [9.17, 15) is 8.42 Å². The molecule has 0 aromatic carbocycles. The first-order valence-corrected chi connectivity index (χ1v) is 8.52. The lowest BCUT2D eigenvalue weighted by Gasteiger charge is -2.23. The Morgan fingerprint density at radius 2 is 2.05 bits per heavy atom. The molecule has 6 nitrogen and oxygen atoms in total. The van der Waals surface area contributed by atoms with Crippen LogP contribution in [0, 0.1) is 6.92 Å². The molecule has 0 aliphatic carbocycles. The number of nitrogens with one attached hydrogen (secondary N) is 2. The van der Waals surface area contributed by atoms with E-state index in [-0.39, 0.29) is 6.04 Å². The molecule has 1 aromatic heterocycles. The van der Waals surface area contributed by atoms with E-state index in [4.69, 9.17) is 0 Å². The monoisotopic (exact) mass is 302 g/mol. The first kappa shape index (κ1) is 17.1. The van der Waals surface area contributed by atoms with Crippen molar-refractivity contribution in [2.45, 2.75) is 58.0 Å². The fraction of sp³-hybridized carbons (Fsp3) is 0.769. The van der Waals surface area contributed by atoms with Crippen molar-refractivity contribution >= 4 is 10.0 Å². The minimum atomic E-state index is -3.51. The summed E-state index contributed by atoms with van der Waals surface area (Å²) >= 11 is 0. The summed E-state index contributed by atoms with van der Waals surface area (Å²) in [7, 11) is -1.88. The number of hydrogen-bond acceptors (Lipinski definition) is 4. The maximum absolute atomic E-state index is 12.7. The van der Waals surface area contributed by atoms with Gasteiger partial charge in [0, 0.05) is 19.6 Å². The number of aryl methyl sites for hydroxylation is 1. The zero-order valence-corrected chi connectivity index (χ0v) is 13.8. The molecule has 0 amide bonds. The Balaban J connectivity index is 3.08. The van der Waals surface area contributed by atoms with Gasteiger partial charge in [-0.15, -0.1) is 0 Å². The molecule has 1 atom stereocenters. The van der Waals surface area contributed by atoms with Gasteiger partial charge in [0.2, 0.25) is 10.0 Å². The van der Waals surface area contributed by atoms with E-state index < -0.39 is 10.0 Å². The van der Waals surface area contributed by atoms with Gasteiger partial charge >= 0.3 is 0 Å². The van der Waals surface area contributed by atoms with Crippen molar-refractivity contribution in [1.82, 2.24) is 19.8 Å². The van der Waals surface area contributed by atoms with Crippen LogP contribution in [-0.2, 0) is 16.6 Å². The molecular formula is C13H26N4O2S. The summed E-state index contributed by atoms with van der Waals surface area (Å²) in [6, 6.07) is -0.0363. The normalized spacial score (nSPS) is 13.9. The highest BCUT2D eigenvalue weighted by atomic mass is 32.2. The Bertz CT molecular complexity index is 524. The topological polar surface area (TPSA) is 78.1 Å². The molecular weight excluding hydrogens is 276 g/mol. The molecule has 1 aromatic rings. The summed E-state index contributed by atoms with van der Waals surface area (Å²) in [6.45, 7) is 8.99. The smallest absolute Gasteiger partial charge is 0.246 e. The molecule has 116 valence electrons. The van der Waals surface area contributed by atoms with Crippen LogP contribution in [0.25, 0.3) is 0 Å². The van der Waals surface area contributed by atoms with Crippen molar-refractivity contribution in [3.8, 4) is 0 Å². The van der Waals surface area contributed by atoms with Crippen molar-refractivity contribution < 1.29 is 8.42 Å². The van der Waals surface area contributed by atoms with Crippen LogP contribution in [0.1, 0.15) is 45.0 Å². The molecule has 1 heterocycles. The van der Waals surface area contributed by atoms with Crippen molar-refractivity contribution in [3.05, 3.63) is 11.4 Å². The highest BCUT2D eigenvalue weighted by Crippen LogP contribution is 2.23. The Labute approximate surface area is 122 Å². The predicted molar refractivity (Wildman–Crippen MR) is 80.0 cm³/mol. The fourth-order valence-electron chi connectivity index (χ4n) is 1.95. The molecule has 1 unspecified atom stereocenters. The van der Waals surface area contributed by atoms with Gasteiger partial charge < -0.3 is 5.32 Å². The van der Waals surface area contributed by atoms with Crippen LogP contribution in [0.2, 0.25) is 0 Å². The molecule has 7 heteroatoms. The van der Waals surface area contributed by atoms with Gasteiger partial charge in [0.25, 0.3) is 0 Å². The molecule has 20 heavy (non-hydrogen) atoms. The number of hydrogen-bond donors (Lipinski definition) is 2. The molecule has 2 N–H and O–H groups in total. The van der Waals surface area contributed by atoms with Gasteiger partial charge in [-0.25, -0.2) is 8.42 Å². The summed E-state index contributed by atoms with van der Waals surface area (Å²) < 4.78 is 26.8. The molecule has 0 spiro atoms. The quantitative estimate of drug-likeness (QED) is 0.716. The van der Waals surface area contributed by atoms with Gasteiger partial charge in [-0.05, 0) is 33.2 Å². The van der Waals surface area contributed by atoms with Gasteiger partial charge in [-0.2, -0.15) is 9.40 Å². The van der Waals surface area contributed by atoms with Crippen LogP contribution in [0.4, 0.5) is 0 Å². The second-order valence-corrected chi connectivity index (χ2v) is 7.01. The number of aromatic amines is 1. The van der Waals surface area contributed by atoms with Crippen LogP contribution >= 0.6 is 0 Å². The Morgan fingerprint density at radius 3 is 2.60 bits per heavy atom. The molecule has 0 fully saturated rings. The third-order valence-corrected chi connectivity index (χ3v) is 5.70. The average Bonchev–Trinajstić information content (AvgIpc) is 2.79. The highest BCUT2D eigenvalue weighted by Gasteiger charge is 2.30. The van der Waals surface area contributed by atoms with E-state index in [1.54, 1.807) is 14.0 Å². The number of rotatable bonds is 8. The lowest BCUT2D eigenvalue weighted by molar-refractivity contribution is 0.380. The van der Waals surface area contributed by atoms with E-state index in [0.29, 0.717) is 22.8 Å². The summed E-state index contributed by atoms with van der Waals surface area (Å²) in [4.78, 5) is 0.309. The van der Waals surface area contributed by atoms with Crippen LogP contribution < -0.4 is 5.32 Å². The lowest BCUT2D eigenvalue weighted by Crippen LogP contribution is -2.35. The van der Waals surface area contributed by atoms with Crippen molar-refractivity contribution in [1.29, 1.82) is 0 Å². The van der Waals surface area contributed by atoms with Crippen LogP contribution in [0.15, 0.2) is 4.90 Å². The van der Waals surface area contributed by atoms with Gasteiger partial charge in [-0.1, -0.05) is 13.8 Å². The first-order valence-electron chi connectivity index (χ1n) is 7.08. The Hall–Kier alpha value is -0.920. The SMILES string of the molecule is CCCNCc1n[nH]c(C)c1S(=O)(=O)N(C)C(C)CC. The Kier molecular flexibility index (Phi) is 6.16. The standard InChI is InChI=1S/C13H26N4O2S/c1-6-8-14-9-12-13(11(4)15-16-12)20(18,19)17(5)10(3)7-2/h10,14H,6-9H2,1-5H3,(H,15,16). The zero-order valence-electron chi connectivity index (χ0n) is 13.0. The Morgan fingerprint density at radius 1 is 1.40 bits per heavy atom. The zero-order chi connectivity index (χ0) is 15.3. The minimum Gasteiger partial charge on any atom is -0.311 e. The summed E-state index contributed by atoms with van der Waals surface area (Å²) in [5.41, 5.74) is 1.15. The minimum absolute atomic E-state index is 0.0363. The summed E-state index contributed by atoms with van der Waals surface area (Å²) in [5, 5.41) is 10.1. The first-order chi connectivity index (χ1) is 9.36. The maximum Gasteiger partial charge on any atom is 0.246 e. The van der Waals surface area contributed by atoms with Gasteiger partial charge in [0.1, 0.15) is 4.90 Å². The van der Waals surface area contributed by atoms with Crippen LogP contribution in [0.3, 0.4) is 0 Å². The molecule has 0 bridgehead atoms. The largest absolute Gasteiger partial charge is 0.311 e. The molecule has 0 aliphatic rings.